The second kappa shape index (κ2) is 11.1. The van der Waals surface area contributed by atoms with Crippen molar-refractivity contribution in [3.8, 4) is 11.5 Å². The van der Waals surface area contributed by atoms with Crippen molar-refractivity contribution in [3.63, 3.8) is 0 Å². The molecule has 1 aliphatic carbocycles. The summed E-state index contributed by atoms with van der Waals surface area (Å²) in [7, 11) is 0. The predicted molar refractivity (Wildman–Crippen MR) is 138 cm³/mol. The van der Waals surface area contributed by atoms with Gasteiger partial charge in [-0.25, -0.2) is 4.79 Å². The number of fused-ring (bicyclic) bond motifs is 1. The molecule has 0 spiro atoms. The van der Waals surface area contributed by atoms with Crippen molar-refractivity contribution < 1.29 is 23.9 Å². The Kier molecular flexibility index (Phi) is 7.45. The van der Waals surface area contributed by atoms with E-state index in [4.69, 9.17) is 9.47 Å². The molecular formula is C27H33N5O5. The summed E-state index contributed by atoms with van der Waals surface area (Å²) in [5.41, 5.74) is 2.22. The fourth-order valence-corrected chi connectivity index (χ4v) is 5.14. The van der Waals surface area contributed by atoms with Crippen molar-refractivity contribution in [1.29, 1.82) is 0 Å². The monoisotopic (exact) mass is 507 g/mol. The number of benzene rings is 2. The molecule has 1 saturated carbocycles. The first-order valence-electron chi connectivity index (χ1n) is 12.8. The molecule has 4 amide bonds. The van der Waals surface area contributed by atoms with Gasteiger partial charge in [0.05, 0.1) is 12.6 Å². The van der Waals surface area contributed by atoms with E-state index < -0.39 is 0 Å². The molecule has 2 fully saturated rings. The van der Waals surface area contributed by atoms with Crippen molar-refractivity contribution in [3.05, 3.63) is 53.6 Å². The topological polar surface area (TPSA) is 121 Å². The molecule has 2 aliphatic heterocycles. The van der Waals surface area contributed by atoms with Crippen LogP contribution in [-0.4, -0.2) is 67.3 Å². The number of urea groups is 1. The molecule has 10 nitrogen and oxygen atoms in total. The molecule has 5 rings (SSSR count). The van der Waals surface area contributed by atoms with Gasteiger partial charge in [0.1, 0.15) is 0 Å². The lowest BCUT2D eigenvalue weighted by atomic mass is 9.88. The van der Waals surface area contributed by atoms with Gasteiger partial charge in [0, 0.05) is 42.5 Å². The maximum Gasteiger partial charge on any atom is 0.319 e. The Morgan fingerprint density at radius 3 is 2.49 bits per heavy atom. The Morgan fingerprint density at radius 2 is 1.70 bits per heavy atom. The van der Waals surface area contributed by atoms with Crippen LogP contribution in [0.25, 0.3) is 0 Å². The summed E-state index contributed by atoms with van der Waals surface area (Å²) in [6, 6.07) is 13.1. The van der Waals surface area contributed by atoms with Crippen LogP contribution in [0.5, 0.6) is 11.5 Å². The first-order valence-corrected chi connectivity index (χ1v) is 12.8. The first kappa shape index (κ1) is 24.9. The third kappa shape index (κ3) is 6.32. The van der Waals surface area contributed by atoms with E-state index in [-0.39, 0.29) is 43.3 Å². The molecule has 2 heterocycles. The quantitative estimate of drug-likeness (QED) is 0.457. The molecule has 0 aromatic heterocycles. The molecule has 10 heteroatoms. The smallest absolute Gasteiger partial charge is 0.319 e. The van der Waals surface area contributed by atoms with E-state index in [1.165, 1.54) is 0 Å². The second-order valence-electron chi connectivity index (χ2n) is 9.94. The van der Waals surface area contributed by atoms with Gasteiger partial charge in [0.15, 0.2) is 11.5 Å². The number of ether oxygens (including phenoxy) is 2. The minimum Gasteiger partial charge on any atom is -0.454 e. The number of carbonyl (C=O) groups excluding carboxylic acids is 3. The Labute approximate surface area is 216 Å². The van der Waals surface area contributed by atoms with Crippen LogP contribution in [0, 0.1) is 6.92 Å². The first-order chi connectivity index (χ1) is 17.9. The van der Waals surface area contributed by atoms with Gasteiger partial charge in [-0.15, -0.1) is 0 Å². The van der Waals surface area contributed by atoms with E-state index in [9.17, 15) is 14.4 Å². The molecular weight excluding hydrogens is 474 g/mol. The summed E-state index contributed by atoms with van der Waals surface area (Å²) in [4.78, 5) is 39.3. The van der Waals surface area contributed by atoms with Crippen LogP contribution in [0.3, 0.4) is 0 Å². The fraction of sp³-hybridized carbons (Fsp3) is 0.444. The highest BCUT2D eigenvalue weighted by Gasteiger charge is 2.35. The standard InChI is InChI=1S/C27H33N5O5/c1-17-3-2-4-18(11-17)26(34)28-13-25(33)29-21-14-32(15-21)22-8-5-19(6-9-22)30-27(35)31-20-7-10-23-24(12-20)37-16-36-23/h2-4,7,10-12,19,21-22H,5-6,8-9,13-16H2,1H3,(H,28,34)(H,29,33)(H2,30,31,35). The number of nitrogens with zero attached hydrogens (tertiary/aromatic N) is 1. The lowest BCUT2D eigenvalue weighted by Gasteiger charge is -2.46. The van der Waals surface area contributed by atoms with Gasteiger partial charge in [-0.3, -0.25) is 14.5 Å². The summed E-state index contributed by atoms with van der Waals surface area (Å²) in [6.45, 7) is 3.71. The van der Waals surface area contributed by atoms with E-state index >= 15 is 0 Å². The van der Waals surface area contributed by atoms with Gasteiger partial charge in [0.25, 0.3) is 5.91 Å². The van der Waals surface area contributed by atoms with Gasteiger partial charge < -0.3 is 30.7 Å². The average molecular weight is 508 g/mol. The number of anilines is 1. The van der Waals surface area contributed by atoms with E-state index in [2.05, 4.69) is 26.2 Å². The minimum absolute atomic E-state index is 0.0334. The summed E-state index contributed by atoms with van der Waals surface area (Å²) in [5.74, 6) is 0.896. The Hall–Kier alpha value is -3.79. The van der Waals surface area contributed by atoms with Crippen LogP contribution < -0.4 is 30.7 Å². The summed E-state index contributed by atoms with van der Waals surface area (Å²) < 4.78 is 10.6. The van der Waals surface area contributed by atoms with Crippen LogP contribution in [0.1, 0.15) is 41.6 Å². The van der Waals surface area contributed by atoms with Crippen LogP contribution in [0.2, 0.25) is 0 Å². The largest absolute Gasteiger partial charge is 0.454 e. The Morgan fingerprint density at radius 1 is 0.919 bits per heavy atom. The number of likely N-dealkylation sites (tertiary alicyclic amines) is 1. The number of hydrogen-bond donors (Lipinski definition) is 4. The third-order valence-electron chi connectivity index (χ3n) is 7.14. The van der Waals surface area contributed by atoms with Gasteiger partial charge in [-0.2, -0.15) is 0 Å². The molecule has 37 heavy (non-hydrogen) atoms. The summed E-state index contributed by atoms with van der Waals surface area (Å²) in [6.07, 6.45) is 3.83. The van der Waals surface area contributed by atoms with Crippen molar-refractivity contribution in [2.24, 2.45) is 0 Å². The lowest BCUT2D eigenvalue weighted by Crippen LogP contribution is -2.63. The number of nitrogens with one attached hydrogen (secondary N) is 4. The van der Waals surface area contributed by atoms with Crippen LogP contribution in [0.4, 0.5) is 10.5 Å². The zero-order chi connectivity index (χ0) is 25.8. The van der Waals surface area contributed by atoms with Crippen LogP contribution in [0.15, 0.2) is 42.5 Å². The highest BCUT2D eigenvalue weighted by atomic mass is 16.7. The zero-order valence-electron chi connectivity index (χ0n) is 20.9. The minimum atomic E-state index is -0.246. The number of hydrogen-bond acceptors (Lipinski definition) is 6. The highest BCUT2D eigenvalue weighted by Crippen LogP contribution is 2.34. The van der Waals surface area contributed by atoms with Gasteiger partial charge in [-0.1, -0.05) is 17.7 Å². The van der Waals surface area contributed by atoms with E-state index in [0.29, 0.717) is 28.8 Å². The summed E-state index contributed by atoms with van der Waals surface area (Å²) in [5, 5.41) is 11.6. The number of carbonyl (C=O) groups is 3. The summed E-state index contributed by atoms with van der Waals surface area (Å²) >= 11 is 0. The third-order valence-corrected chi connectivity index (χ3v) is 7.14. The molecule has 3 aliphatic rings. The Balaban J connectivity index is 0.964. The van der Waals surface area contributed by atoms with E-state index in [0.717, 1.165) is 44.3 Å². The van der Waals surface area contributed by atoms with Crippen molar-refractivity contribution in [2.45, 2.75) is 50.7 Å². The van der Waals surface area contributed by atoms with Gasteiger partial charge in [0.2, 0.25) is 12.7 Å². The van der Waals surface area contributed by atoms with Crippen molar-refractivity contribution in [2.75, 3.05) is 31.7 Å². The average Bonchev–Trinajstić information content (AvgIpc) is 3.33. The molecule has 0 radical (unpaired) electrons. The zero-order valence-corrected chi connectivity index (χ0v) is 20.9. The van der Waals surface area contributed by atoms with E-state index in [1.807, 2.05) is 19.1 Å². The maximum atomic E-state index is 12.4. The molecule has 196 valence electrons. The van der Waals surface area contributed by atoms with Crippen LogP contribution >= 0.6 is 0 Å². The Bertz CT molecular complexity index is 1160. The van der Waals surface area contributed by atoms with Crippen LogP contribution in [-0.2, 0) is 4.79 Å². The molecule has 2 aromatic carbocycles. The van der Waals surface area contributed by atoms with E-state index in [1.54, 1.807) is 30.3 Å². The molecule has 0 bridgehead atoms. The van der Waals surface area contributed by atoms with Crippen molar-refractivity contribution >= 4 is 23.5 Å². The predicted octanol–water partition coefficient (Wildman–Crippen LogP) is 2.39. The number of amides is 4. The lowest BCUT2D eigenvalue weighted by molar-refractivity contribution is -0.122. The maximum absolute atomic E-state index is 12.4. The fourth-order valence-electron chi connectivity index (χ4n) is 5.14. The van der Waals surface area contributed by atoms with Gasteiger partial charge >= 0.3 is 6.03 Å². The number of aryl methyl sites for hydroxylation is 1. The molecule has 4 N–H and O–H groups in total. The molecule has 0 unspecified atom stereocenters. The highest BCUT2D eigenvalue weighted by molar-refractivity contribution is 5.96. The normalized spacial score (nSPS) is 21.0. The van der Waals surface area contributed by atoms with Crippen molar-refractivity contribution in [1.82, 2.24) is 20.9 Å². The molecule has 2 aromatic rings. The molecule has 1 saturated heterocycles. The SMILES string of the molecule is Cc1cccc(C(=O)NCC(=O)NC2CN(C3CCC(NC(=O)Nc4ccc5c(c4)OCO5)CC3)C2)c1. The second-order valence-corrected chi connectivity index (χ2v) is 9.94. The molecule has 0 atom stereocenters. The number of rotatable bonds is 7. The van der Waals surface area contributed by atoms with Gasteiger partial charge in [-0.05, 0) is 56.9 Å².